The highest BCUT2D eigenvalue weighted by Crippen LogP contribution is 2.47. The Hall–Kier alpha value is -4.20. The van der Waals surface area contributed by atoms with Crippen molar-refractivity contribution >= 4 is 59.1 Å². The van der Waals surface area contributed by atoms with E-state index in [1.807, 2.05) is 0 Å². The van der Waals surface area contributed by atoms with E-state index in [1.54, 1.807) is 19.2 Å². The van der Waals surface area contributed by atoms with E-state index in [1.165, 1.54) is 47.4 Å². The van der Waals surface area contributed by atoms with Crippen LogP contribution in [-0.2, 0) is 42.1 Å². The number of ether oxygens (including phenoxy) is 2. The van der Waals surface area contributed by atoms with Gasteiger partial charge in [0.1, 0.15) is 23.7 Å². The molecule has 1 aromatic carbocycles. The third-order valence-corrected chi connectivity index (χ3v) is 8.66. The number of nitrogens with two attached hydrogens (primary N) is 1. The van der Waals surface area contributed by atoms with Gasteiger partial charge in [-0.1, -0.05) is 23.9 Å². The summed E-state index contributed by atoms with van der Waals surface area (Å²) in [4.78, 5) is 62.1. The molecule has 2 aliphatic heterocycles. The molecular weight excluding hydrogens is 596 g/mol. The van der Waals surface area contributed by atoms with Crippen LogP contribution in [0.2, 0.25) is 0 Å². The van der Waals surface area contributed by atoms with Gasteiger partial charge in [0.25, 0.3) is 11.6 Å². The number of carboxylic acid groups (broad SMARTS) is 2. The summed E-state index contributed by atoms with van der Waals surface area (Å²) in [7, 11) is 2.91. The number of fused-ring (bicyclic) bond motifs is 1. The van der Waals surface area contributed by atoms with Crippen molar-refractivity contribution in [1.82, 2.24) is 30.4 Å². The molecule has 0 saturated carbocycles. The van der Waals surface area contributed by atoms with Gasteiger partial charge in [-0.3, -0.25) is 24.6 Å². The molecule has 3 amide bonds. The predicted octanol–water partition coefficient (Wildman–Crippen LogP) is -0.782. The Morgan fingerprint density at radius 2 is 1.98 bits per heavy atom. The van der Waals surface area contributed by atoms with Crippen molar-refractivity contribution < 1.29 is 43.7 Å². The molecule has 1 fully saturated rings. The number of rotatable bonds is 12. The van der Waals surface area contributed by atoms with Crippen molar-refractivity contribution in [3.63, 3.8) is 0 Å². The molecule has 4 rings (SSSR count). The average Bonchev–Trinajstić information content (AvgIpc) is 3.37. The monoisotopic (exact) mass is 622 g/mol. The predicted molar refractivity (Wildman–Crippen MR) is 146 cm³/mol. The topological polar surface area (TPSA) is 241 Å². The van der Waals surface area contributed by atoms with Crippen LogP contribution >= 0.6 is 23.5 Å². The highest BCUT2D eigenvalue weighted by Gasteiger charge is 2.66. The van der Waals surface area contributed by atoms with E-state index in [-0.39, 0.29) is 23.6 Å². The minimum absolute atomic E-state index is 0.150. The summed E-state index contributed by atoms with van der Waals surface area (Å²) in [5.41, 5.74) is 4.73. The molecule has 0 unspecified atom stereocenters. The quantitative estimate of drug-likeness (QED) is 0.111. The molecule has 224 valence electrons. The number of carbonyl (C=O) groups is 5. The van der Waals surface area contributed by atoms with Crippen LogP contribution in [0, 0.1) is 0 Å². The smallest absolute Gasteiger partial charge is 0.411 e. The van der Waals surface area contributed by atoms with Crippen LogP contribution in [0.1, 0.15) is 5.56 Å². The lowest BCUT2D eigenvalue weighted by Crippen LogP contribution is -2.80. The number of benzene rings is 1. The van der Waals surface area contributed by atoms with E-state index in [4.69, 9.17) is 20.3 Å². The van der Waals surface area contributed by atoms with Gasteiger partial charge in [-0.15, -0.1) is 16.9 Å². The highest BCUT2D eigenvalue weighted by molar-refractivity contribution is 8.01. The van der Waals surface area contributed by atoms with Crippen LogP contribution < -0.4 is 16.4 Å². The zero-order valence-corrected chi connectivity index (χ0v) is 23.8. The lowest BCUT2D eigenvalue weighted by molar-refractivity contribution is -0.192. The maximum atomic E-state index is 13.3. The zero-order chi connectivity index (χ0) is 30.6. The second-order valence-corrected chi connectivity index (χ2v) is 11.0. The van der Waals surface area contributed by atoms with Crippen LogP contribution in [0.4, 0.5) is 10.5 Å². The molecule has 0 spiro atoms. The molecular formula is C23H26N8O9S2. The number of nitrogens with zero attached hydrogens (tertiary/aromatic N) is 5. The molecule has 0 bridgehead atoms. The first-order chi connectivity index (χ1) is 20.0. The van der Waals surface area contributed by atoms with Gasteiger partial charge in [0.2, 0.25) is 11.1 Å². The number of hydrogen-bond donors (Lipinski definition) is 5. The molecule has 3 heterocycles. The third kappa shape index (κ3) is 6.32. The Kier molecular flexibility index (Phi) is 9.34. The first kappa shape index (κ1) is 30.8. The number of methoxy groups -OCH3 is 1. The molecule has 2 aromatic rings. The first-order valence-electron chi connectivity index (χ1n) is 12.1. The van der Waals surface area contributed by atoms with Crippen molar-refractivity contribution in [2.24, 2.45) is 12.8 Å². The number of carbonyl (C=O) groups excluding carboxylic acids is 3. The number of tetrazole rings is 1. The molecule has 42 heavy (non-hydrogen) atoms. The van der Waals surface area contributed by atoms with Crippen LogP contribution in [0.5, 0.6) is 0 Å². The standard InChI is InChI=1S/C23H26N8O9S2/c1-30-21(27-28-29-30)42-10-12-9-41-20-23(39-2,19(37)31(20)16(12)18(35)36)26-15(32)7-11-3-5-13(6-4-11)25-22(38)40-8-14(24)17(33)34/h3-6,14,20H,7-10,24H2,1-2H3,(H,25,38)(H,26,32)(H,33,34)(H,35,36)/t14-,20+,23+/m1/s1. The Morgan fingerprint density at radius 3 is 2.57 bits per heavy atom. The van der Waals surface area contributed by atoms with Gasteiger partial charge >= 0.3 is 18.0 Å². The highest BCUT2D eigenvalue weighted by atomic mass is 32.2. The van der Waals surface area contributed by atoms with Crippen LogP contribution in [-0.4, -0.2) is 108 Å². The Bertz CT molecular complexity index is 1430. The number of hydrogen-bond acceptors (Lipinski definition) is 13. The molecule has 17 nitrogen and oxygen atoms in total. The Labute approximate surface area is 246 Å². The van der Waals surface area contributed by atoms with Gasteiger partial charge in [0.05, 0.1) is 6.42 Å². The van der Waals surface area contributed by atoms with E-state index in [0.29, 0.717) is 22.0 Å². The summed E-state index contributed by atoms with van der Waals surface area (Å²) in [5, 5.41) is 34.5. The van der Waals surface area contributed by atoms with Crippen LogP contribution in [0.25, 0.3) is 0 Å². The molecule has 0 radical (unpaired) electrons. The maximum absolute atomic E-state index is 13.3. The van der Waals surface area contributed by atoms with E-state index in [0.717, 1.165) is 4.90 Å². The molecule has 1 aromatic heterocycles. The van der Waals surface area contributed by atoms with Crippen LogP contribution in [0.15, 0.2) is 40.7 Å². The van der Waals surface area contributed by atoms with Crippen molar-refractivity contribution in [2.75, 3.05) is 30.5 Å². The molecule has 3 atom stereocenters. The molecule has 0 aliphatic carbocycles. The second-order valence-electron chi connectivity index (χ2n) is 9.00. The first-order valence-corrected chi connectivity index (χ1v) is 14.1. The number of anilines is 1. The van der Waals surface area contributed by atoms with E-state index in [9.17, 15) is 29.1 Å². The van der Waals surface area contributed by atoms with Crippen molar-refractivity contribution in [3.05, 3.63) is 41.1 Å². The van der Waals surface area contributed by atoms with Crippen molar-refractivity contribution in [2.45, 2.75) is 28.7 Å². The number of aryl methyl sites for hydroxylation is 1. The summed E-state index contributed by atoms with van der Waals surface area (Å²) < 4.78 is 11.7. The van der Waals surface area contributed by atoms with E-state index < -0.39 is 53.6 Å². The van der Waals surface area contributed by atoms with E-state index >= 15 is 0 Å². The Balaban J connectivity index is 1.37. The fraction of sp³-hybridized carbons (Fsp3) is 0.391. The van der Waals surface area contributed by atoms with Gasteiger partial charge in [-0.25, -0.2) is 14.3 Å². The number of aliphatic carboxylic acids is 2. The zero-order valence-electron chi connectivity index (χ0n) is 22.2. The second kappa shape index (κ2) is 12.8. The lowest BCUT2D eigenvalue weighted by atomic mass is 9.98. The van der Waals surface area contributed by atoms with Gasteiger partial charge in [-0.2, -0.15) is 0 Å². The third-order valence-electron chi connectivity index (χ3n) is 6.19. The summed E-state index contributed by atoms with van der Waals surface area (Å²) in [6.45, 7) is -0.513. The average molecular weight is 623 g/mol. The number of carboxylic acids is 2. The number of aromatic nitrogens is 4. The van der Waals surface area contributed by atoms with Gasteiger partial charge in [0.15, 0.2) is 0 Å². The minimum Gasteiger partial charge on any atom is -0.480 e. The minimum atomic E-state index is -1.75. The molecule has 6 N–H and O–H groups in total. The fourth-order valence-electron chi connectivity index (χ4n) is 4.08. The number of nitrogens with one attached hydrogen (secondary N) is 2. The summed E-state index contributed by atoms with van der Waals surface area (Å²) in [6, 6.07) is 4.77. The normalized spacial score (nSPS) is 20.3. The number of β-lactam (4-membered cyclic amide) rings is 1. The largest absolute Gasteiger partial charge is 0.480 e. The van der Waals surface area contributed by atoms with Gasteiger partial charge < -0.3 is 30.7 Å². The van der Waals surface area contributed by atoms with Crippen molar-refractivity contribution in [1.29, 1.82) is 0 Å². The number of amides is 3. The van der Waals surface area contributed by atoms with Crippen LogP contribution in [0.3, 0.4) is 0 Å². The summed E-state index contributed by atoms with van der Waals surface area (Å²) in [6.07, 6.45) is -1.05. The van der Waals surface area contributed by atoms with E-state index in [2.05, 4.69) is 26.2 Å². The van der Waals surface area contributed by atoms with Gasteiger partial charge in [0, 0.05) is 31.4 Å². The molecule has 19 heteroatoms. The molecule has 1 saturated heterocycles. The SMILES string of the molecule is CO[C@@]1(NC(=O)Cc2ccc(NC(=O)OC[C@@H](N)C(=O)O)cc2)C(=O)N2C(C(=O)O)=C(CSc3nnnn3C)CS[C@H]21. The Morgan fingerprint density at radius 1 is 1.26 bits per heavy atom. The summed E-state index contributed by atoms with van der Waals surface area (Å²) >= 11 is 2.49. The fourth-order valence-corrected chi connectivity index (χ4v) is 6.51. The molecule has 2 aliphatic rings. The van der Waals surface area contributed by atoms with Gasteiger partial charge in [-0.05, 0) is 33.7 Å². The van der Waals surface area contributed by atoms with Crippen molar-refractivity contribution in [3.8, 4) is 0 Å². The lowest BCUT2D eigenvalue weighted by Gasteiger charge is -2.55. The summed E-state index contributed by atoms with van der Waals surface area (Å²) in [5.74, 6) is -3.34. The number of thioether (sulfide) groups is 2. The maximum Gasteiger partial charge on any atom is 0.411 e.